The number of hydrogen-bond donors (Lipinski definition) is 1. The predicted molar refractivity (Wildman–Crippen MR) is 96.9 cm³/mol. The van der Waals surface area contributed by atoms with Gasteiger partial charge >= 0.3 is 6.18 Å². The fourth-order valence-corrected chi connectivity index (χ4v) is 3.16. The Bertz CT molecular complexity index is 818. The molecule has 1 atom stereocenters. The number of nitrogens with zero attached hydrogens (tertiary/aromatic N) is 2. The molecule has 1 unspecified atom stereocenters. The number of pyridine rings is 1. The molecule has 1 fully saturated rings. The Kier molecular flexibility index (Phi) is 5.62. The minimum absolute atomic E-state index is 0.175. The molecule has 150 valence electrons. The quantitative estimate of drug-likeness (QED) is 0.843. The lowest BCUT2D eigenvalue weighted by atomic mass is 10.1. The number of halogens is 3. The Balaban J connectivity index is 1.68. The number of nitrogens with one attached hydrogen (secondary N) is 1. The number of carbonyl (C=O) groups is 1. The number of carbonyl (C=O) groups excluding carboxylic acids is 1. The molecule has 0 bridgehead atoms. The first kappa shape index (κ1) is 19.8. The summed E-state index contributed by atoms with van der Waals surface area (Å²) in [5, 5.41) is 2.93. The summed E-state index contributed by atoms with van der Waals surface area (Å²) in [4.78, 5) is 18.5. The molecule has 1 aromatic carbocycles. The number of alkyl halides is 3. The minimum Gasteiger partial charge on any atom is -0.496 e. The third-order valence-corrected chi connectivity index (χ3v) is 4.58. The van der Waals surface area contributed by atoms with Gasteiger partial charge in [-0.2, -0.15) is 13.2 Å². The van der Waals surface area contributed by atoms with Crippen molar-refractivity contribution >= 4 is 11.7 Å². The lowest BCUT2D eigenvalue weighted by Crippen LogP contribution is -2.37. The van der Waals surface area contributed by atoms with Crippen molar-refractivity contribution in [1.29, 1.82) is 0 Å². The van der Waals surface area contributed by atoms with Gasteiger partial charge in [0, 0.05) is 25.3 Å². The van der Waals surface area contributed by atoms with Crippen LogP contribution in [0.5, 0.6) is 11.5 Å². The van der Waals surface area contributed by atoms with E-state index in [1.54, 1.807) is 18.2 Å². The summed E-state index contributed by atoms with van der Waals surface area (Å²) in [6.45, 7) is 1.02. The molecular formula is C19H20F3N3O3. The molecule has 1 aliphatic rings. The molecule has 3 rings (SSSR count). The Hall–Kier alpha value is -2.97. The smallest absolute Gasteiger partial charge is 0.417 e. The van der Waals surface area contributed by atoms with Crippen LogP contribution in [0.15, 0.2) is 36.5 Å². The maximum atomic E-state index is 12.7. The van der Waals surface area contributed by atoms with Crippen LogP contribution in [0.2, 0.25) is 0 Å². The van der Waals surface area contributed by atoms with Crippen molar-refractivity contribution in [2.45, 2.75) is 18.6 Å². The molecule has 0 aliphatic carbocycles. The lowest BCUT2D eigenvalue weighted by Gasteiger charge is -2.19. The van der Waals surface area contributed by atoms with Gasteiger partial charge in [0.1, 0.15) is 22.9 Å². The highest BCUT2D eigenvalue weighted by Gasteiger charge is 2.32. The average Bonchev–Trinajstić information content (AvgIpc) is 3.15. The molecule has 28 heavy (non-hydrogen) atoms. The fourth-order valence-electron chi connectivity index (χ4n) is 3.16. The van der Waals surface area contributed by atoms with Crippen LogP contribution in [0.1, 0.15) is 22.3 Å². The zero-order valence-electron chi connectivity index (χ0n) is 15.4. The maximum Gasteiger partial charge on any atom is 0.417 e. The van der Waals surface area contributed by atoms with E-state index in [4.69, 9.17) is 9.47 Å². The van der Waals surface area contributed by atoms with E-state index in [9.17, 15) is 18.0 Å². The number of amides is 1. The predicted octanol–water partition coefficient (Wildman–Crippen LogP) is 3.13. The van der Waals surface area contributed by atoms with Crippen LogP contribution < -0.4 is 19.7 Å². The van der Waals surface area contributed by atoms with Crippen LogP contribution in [-0.2, 0) is 6.18 Å². The molecule has 1 N–H and O–H groups in total. The zero-order chi connectivity index (χ0) is 20.3. The molecule has 0 saturated carbocycles. The van der Waals surface area contributed by atoms with Gasteiger partial charge < -0.3 is 19.7 Å². The van der Waals surface area contributed by atoms with Crippen molar-refractivity contribution in [3.05, 3.63) is 47.7 Å². The summed E-state index contributed by atoms with van der Waals surface area (Å²) < 4.78 is 48.5. The van der Waals surface area contributed by atoms with Gasteiger partial charge in [-0.25, -0.2) is 4.98 Å². The summed E-state index contributed by atoms with van der Waals surface area (Å²) in [5.41, 5.74) is -0.484. The second-order valence-electron chi connectivity index (χ2n) is 6.35. The van der Waals surface area contributed by atoms with Crippen molar-refractivity contribution in [2.24, 2.45) is 0 Å². The van der Waals surface area contributed by atoms with Crippen LogP contribution >= 0.6 is 0 Å². The highest BCUT2D eigenvalue weighted by Crippen LogP contribution is 2.31. The molecule has 0 radical (unpaired) electrons. The summed E-state index contributed by atoms with van der Waals surface area (Å²) in [5.74, 6) is 0.911. The SMILES string of the molecule is COc1cccc(OC)c1C(=O)NC1CCN(c2ccc(C(F)(F)F)cn2)C1. The van der Waals surface area contributed by atoms with Crippen LogP contribution in [-0.4, -0.2) is 44.2 Å². The molecule has 6 nitrogen and oxygen atoms in total. The molecule has 1 amide bonds. The number of anilines is 1. The van der Waals surface area contributed by atoms with Crippen LogP contribution in [0.3, 0.4) is 0 Å². The summed E-state index contributed by atoms with van der Waals surface area (Å²) >= 11 is 0. The van der Waals surface area contributed by atoms with Gasteiger partial charge in [0.05, 0.1) is 19.8 Å². The number of benzene rings is 1. The van der Waals surface area contributed by atoms with Crippen LogP contribution in [0.4, 0.5) is 19.0 Å². The standard InChI is InChI=1S/C19H20F3N3O3/c1-27-14-4-3-5-15(28-2)17(14)18(26)24-13-8-9-25(11-13)16-7-6-12(10-23-16)19(20,21)22/h3-7,10,13H,8-9,11H2,1-2H3,(H,24,26). The van der Waals surface area contributed by atoms with E-state index >= 15 is 0 Å². The number of hydrogen-bond acceptors (Lipinski definition) is 5. The highest BCUT2D eigenvalue weighted by atomic mass is 19.4. The van der Waals surface area contributed by atoms with E-state index in [1.165, 1.54) is 20.3 Å². The topological polar surface area (TPSA) is 63.7 Å². The molecule has 9 heteroatoms. The van der Waals surface area contributed by atoms with Crippen molar-refractivity contribution in [3.63, 3.8) is 0 Å². The van der Waals surface area contributed by atoms with Gasteiger partial charge in [-0.15, -0.1) is 0 Å². The molecule has 1 aliphatic heterocycles. The summed E-state index contributed by atoms with van der Waals surface area (Å²) in [7, 11) is 2.94. The van der Waals surface area contributed by atoms with Crippen molar-refractivity contribution < 1.29 is 27.4 Å². The third-order valence-electron chi connectivity index (χ3n) is 4.58. The minimum atomic E-state index is -4.42. The van der Waals surface area contributed by atoms with E-state index < -0.39 is 11.7 Å². The number of rotatable bonds is 5. The second kappa shape index (κ2) is 7.95. The fraction of sp³-hybridized carbons (Fsp3) is 0.368. The highest BCUT2D eigenvalue weighted by molar-refractivity contribution is 6.00. The third kappa shape index (κ3) is 4.13. The van der Waals surface area contributed by atoms with Gasteiger partial charge in [0.15, 0.2) is 0 Å². The van der Waals surface area contributed by atoms with Crippen molar-refractivity contribution in [2.75, 3.05) is 32.2 Å². The molecule has 2 heterocycles. The van der Waals surface area contributed by atoms with Gasteiger partial charge in [-0.1, -0.05) is 6.07 Å². The molecule has 2 aromatic rings. The Labute approximate surface area is 160 Å². The van der Waals surface area contributed by atoms with Gasteiger partial charge in [0.2, 0.25) is 0 Å². The van der Waals surface area contributed by atoms with E-state index in [0.717, 1.165) is 12.3 Å². The average molecular weight is 395 g/mol. The second-order valence-corrected chi connectivity index (χ2v) is 6.35. The molecular weight excluding hydrogens is 375 g/mol. The first-order valence-corrected chi connectivity index (χ1v) is 8.63. The van der Waals surface area contributed by atoms with E-state index in [0.29, 0.717) is 42.4 Å². The van der Waals surface area contributed by atoms with E-state index in [1.807, 2.05) is 4.90 Å². The first-order valence-electron chi connectivity index (χ1n) is 8.63. The largest absolute Gasteiger partial charge is 0.496 e. The van der Waals surface area contributed by atoms with Gasteiger partial charge in [-0.3, -0.25) is 4.79 Å². The molecule has 0 spiro atoms. The summed E-state index contributed by atoms with van der Waals surface area (Å²) in [6, 6.07) is 7.24. The van der Waals surface area contributed by atoms with Crippen molar-refractivity contribution in [3.8, 4) is 11.5 Å². The van der Waals surface area contributed by atoms with Gasteiger partial charge in [-0.05, 0) is 30.7 Å². The Morgan fingerprint density at radius 2 is 1.86 bits per heavy atom. The monoisotopic (exact) mass is 395 g/mol. The van der Waals surface area contributed by atoms with Crippen molar-refractivity contribution in [1.82, 2.24) is 10.3 Å². The van der Waals surface area contributed by atoms with E-state index in [-0.39, 0.29) is 11.9 Å². The Morgan fingerprint density at radius 3 is 2.39 bits per heavy atom. The molecule has 1 saturated heterocycles. The van der Waals surface area contributed by atoms with E-state index in [2.05, 4.69) is 10.3 Å². The molecule has 1 aromatic heterocycles. The lowest BCUT2D eigenvalue weighted by molar-refractivity contribution is -0.137. The van der Waals surface area contributed by atoms with Crippen LogP contribution in [0, 0.1) is 0 Å². The zero-order valence-corrected chi connectivity index (χ0v) is 15.4. The summed E-state index contributed by atoms with van der Waals surface area (Å²) in [6.07, 6.45) is -2.95. The maximum absolute atomic E-state index is 12.7. The normalized spacial score (nSPS) is 16.8. The number of methoxy groups -OCH3 is 2. The number of ether oxygens (including phenoxy) is 2. The van der Waals surface area contributed by atoms with Gasteiger partial charge in [0.25, 0.3) is 5.91 Å². The van der Waals surface area contributed by atoms with Crippen LogP contribution in [0.25, 0.3) is 0 Å². The first-order chi connectivity index (χ1) is 13.3. The Morgan fingerprint density at radius 1 is 1.18 bits per heavy atom. The number of aromatic nitrogens is 1.